The summed E-state index contributed by atoms with van der Waals surface area (Å²) >= 11 is 2.78. The van der Waals surface area contributed by atoms with Crippen molar-refractivity contribution in [1.29, 1.82) is 10.5 Å². The lowest BCUT2D eigenvalue weighted by Crippen LogP contribution is -2.54. The molecule has 14 rings (SSSR count). The van der Waals surface area contributed by atoms with E-state index in [0.29, 0.717) is 99.2 Å². The first-order chi connectivity index (χ1) is 45.3. The highest BCUT2D eigenvalue weighted by Crippen LogP contribution is 2.39. The molecule has 0 N–H and O–H groups in total. The number of rotatable bonds is 16. The Morgan fingerprint density at radius 3 is 1.01 bits per heavy atom. The molecular formula is C76H50B2N6O6S2. The monoisotopic (exact) mass is 1230 g/mol. The van der Waals surface area contributed by atoms with Gasteiger partial charge in [0.1, 0.15) is 56.3 Å². The summed E-state index contributed by atoms with van der Waals surface area (Å²) in [5.74, 6) is 0.747. The molecule has 92 heavy (non-hydrogen) atoms. The van der Waals surface area contributed by atoms with Gasteiger partial charge in [0, 0.05) is 34.3 Å². The molecule has 0 aliphatic carbocycles. The van der Waals surface area contributed by atoms with Gasteiger partial charge in [0.15, 0.2) is 0 Å². The van der Waals surface area contributed by atoms with Crippen molar-refractivity contribution in [2.75, 3.05) is 14.2 Å². The van der Waals surface area contributed by atoms with Crippen molar-refractivity contribution in [3.8, 4) is 57.7 Å². The summed E-state index contributed by atoms with van der Waals surface area (Å²) in [6, 6.07) is 90.0. The standard InChI is InChI=1S/C76H50B2N6O6S2/c1-87-59-41-43-65-63(45-59)81-73(91-65)61(47-79)71-67-68(70(50-35-39-58(40-36-50)90-76(86)52-23-11-4-12-24-52)83(71)77(53-25-13-5-14-26-53)54-27-15-6-16-28-54)72(62(48-80)74-82-64-46-60(88-2)42-44-66(64)92-74)84(78(55-29-17-7-18-30-55)56-31-19-8-20-32-56)69(67)49-33-37-57(38-34-49)89-75(85)51-21-9-3-10-22-51/h3-46H,1-2H3/b71-61-,72-62-. The van der Waals surface area contributed by atoms with E-state index in [1.165, 1.54) is 22.7 Å². The number of fused-ring (bicyclic) bond motifs is 3. The van der Waals surface area contributed by atoms with Crippen molar-refractivity contribution >= 4 is 113 Å². The molecule has 0 radical (unpaired) electrons. The lowest BCUT2D eigenvalue weighted by molar-refractivity contribution is 0.0725. The van der Waals surface area contributed by atoms with Crippen molar-refractivity contribution in [3.63, 3.8) is 0 Å². The molecule has 0 unspecified atom stereocenters. The third-order valence-electron chi connectivity index (χ3n) is 16.1. The first-order valence-corrected chi connectivity index (χ1v) is 31.1. The van der Waals surface area contributed by atoms with Crippen LogP contribution in [0.1, 0.15) is 30.7 Å². The minimum Gasteiger partial charge on any atom is -0.497 e. The Kier molecular flexibility index (Phi) is 16.0. The van der Waals surface area contributed by atoms with Crippen molar-refractivity contribution < 1.29 is 28.5 Å². The normalized spacial score (nSPS) is 11.8. The van der Waals surface area contributed by atoms with E-state index in [9.17, 15) is 20.1 Å². The zero-order valence-electron chi connectivity index (χ0n) is 49.5. The van der Waals surface area contributed by atoms with Crippen LogP contribution in [0.2, 0.25) is 0 Å². The average molecular weight is 1230 g/mol. The number of benzene rings is 10. The molecule has 0 spiro atoms. The Hall–Kier alpha value is -11.8. The fourth-order valence-corrected chi connectivity index (χ4v) is 13.9. The molecule has 0 amide bonds. The lowest BCUT2D eigenvalue weighted by atomic mass is 9.50. The van der Waals surface area contributed by atoms with Crippen LogP contribution >= 0.6 is 22.7 Å². The van der Waals surface area contributed by atoms with Crippen LogP contribution in [0.15, 0.2) is 267 Å². The second-order valence-corrected chi connectivity index (χ2v) is 23.6. The Balaban J connectivity index is 1.24. The highest BCUT2D eigenvalue weighted by molar-refractivity contribution is 7.20. The fourth-order valence-electron chi connectivity index (χ4n) is 12.0. The van der Waals surface area contributed by atoms with Gasteiger partial charge in [-0.05, 0) is 108 Å². The minimum absolute atomic E-state index is 0.242. The van der Waals surface area contributed by atoms with Crippen LogP contribution in [0, 0.1) is 22.7 Å². The van der Waals surface area contributed by atoms with Gasteiger partial charge in [-0.3, -0.25) is 0 Å². The number of nitrogens with zero attached hydrogens (tertiary/aromatic N) is 6. The topological polar surface area (TPSA) is 154 Å². The van der Waals surface area contributed by atoms with Crippen LogP contribution in [-0.4, -0.2) is 58.8 Å². The molecule has 4 heterocycles. The summed E-state index contributed by atoms with van der Waals surface area (Å²) in [7, 11) is 3.22. The molecule has 0 bridgehead atoms. The molecule has 438 valence electrons. The Bertz CT molecular complexity index is 4890. The van der Waals surface area contributed by atoms with Crippen LogP contribution in [0.5, 0.6) is 23.0 Å². The van der Waals surface area contributed by atoms with Crippen LogP contribution < -0.4 is 51.5 Å². The predicted molar refractivity (Wildman–Crippen MR) is 368 cm³/mol. The highest BCUT2D eigenvalue weighted by atomic mass is 32.1. The number of thiazole rings is 2. The predicted octanol–water partition coefficient (Wildman–Crippen LogP) is 12.2. The molecule has 16 heteroatoms. The van der Waals surface area contributed by atoms with Gasteiger partial charge < -0.3 is 27.9 Å². The molecule has 0 fully saturated rings. The number of esters is 2. The molecule has 0 aliphatic rings. The van der Waals surface area contributed by atoms with E-state index in [1.54, 1.807) is 87.0 Å². The van der Waals surface area contributed by atoms with E-state index in [4.69, 9.17) is 28.9 Å². The molecule has 12 nitrogen and oxygen atoms in total. The van der Waals surface area contributed by atoms with Gasteiger partial charge in [-0.2, -0.15) is 10.5 Å². The van der Waals surface area contributed by atoms with E-state index >= 15 is 0 Å². The largest absolute Gasteiger partial charge is 0.497 e. The summed E-state index contributed by atoms with van der Waals surface area (Å²) in [5.41, 5.74) is 8.60. The molecule has 0 aliphatic heterocycles. The summed E-state index contributed by atoms with van der Waals surface area (Å²) in [4.78, 5) is 38.2. The molecule has 0 saturated heterocycles. The van der Waals surface area contributed by atoms with E-state index in [1.807, 2.05) is 146 Å². The van der Waals surface area contributed by atoms with Crippen LogP contribution in [0.4, 0.5) is 0 Å². The third-order valence-corrected chi connectivity index (χ3v) is 18.3. The molecule has 0 saturated carbocycles. The van der Waals surface area contributed by atoms with Crippen molar-refractivity contribution in [2.24, 2.45) is 0 Å². The number of hydrogen-bond acceptors (Lipinski definition) is 12. The van der Waals surface area contributed by atoms with Crippen molar-refractivity contribution in [2.45, 2.75) is 0 Å². The summed E-state index contributed by atoms with van der Waals surface area (Å²) in [6.45, 7) is -1.37. The summed E-state index contributed by atoms with van der Waals surface area (Å²) in [6.07, 6.45) is 0. The zero-order valence-corrected chi connectivity index (χ0v) is 51.1. The molecule has 14 aromatic rings. The van der Waals surface area contributed by atoms with Gasteiger partial charge in [-0.15, -0.1) is 22.7 Å². The van der Waals surface area contributed by atoms with Crippen LogP contribution in [-0.2, 0) is 0 Å². The summed E-state index contributed by atoms with van der Waals surface area (Å²) in [5, 5.41) is 28.0. The molecule has 4 aromatic heterocycles. The zero-order chi connectivity index (χ0) is 62.7. The molecular weight excluding hydrogens is 1180 g/mol. The van der Waals surface area contributed by atoms with Crippen LogP contribution in [0.25, 0.3) is 64.9 Å². The number of methoxy groups -OCH3 is 2. The maximum Gasteiger partial charge on any atom is 0.343 e. The van der Waals surface area contributed by atoms with Crippen molar-refractivity contribution in [1.82, 2.24) is 18.9 Å². The number of carbonyl (C=O) groups excluding carboxylic acids is 2. The lowest BCUT2D eigenvalue weighted by Gasteiger charge is -2.24. The van der Waals surface area contributed by atoms with Gasteiger partial charge >= 0.3 is 25.6 Å². The third kappa shape index (κ3) is 11.0. The van der Waals surface area contributed by atoms with Gasteiger partial charge in [0.05, 0.1) is 56.5 Å². The van der Waals surface area contributed by atoms with E-state index < -0.39 is 25.6 Å². The second-order valence-electron chi connectivity index (χ2n) is 21.6. The Labute approximate surface area is 537 Å². The minimum atomic E-state index is -0.684. The number of hydrogen-bond donors (Lipinski definition) is 0. The Morgan fingerprint density at radius 1 is 0.402 bits per heavy atom. The number of aromatic nitrogens is 4. The molecule has 0 atom stereocenters. The SMILES string of the molecule is COc1ccc2sc(/C(C#N)=c3/c4c(-c5ccc(OC(=O)c6ccccc6)cc5)n(B(c5ccccc5)c5ccccc5)/c(=C(/C#N)c5nc6cc(OC)ccc6s5)c4c(-c4ccc(OC(=O)c5ccccc5)cc4)n3B(c3ccccc3)c3ccccc3)nc2c1. The van der Waals surface area contributed by atoms with Gasteiger partial charge in [-0.1, -0.05) is 180 Å². The average Bonchev–Trinajstić information content (AvgIpc) is 1.52. The number of ether oxygens (including phenoxy) is 4. The number of nitriles is 2. The van der Waals surface area contributed by atoms with E-state index in [0.717, 1.165) is 31.3 Å². The first kappa shape index (κ1) is 57.9. The molecule has 10 aromatic carbocycles. The number of carbonyl (C=O) groups is 2. The highest BCUT2D eigenvalue weighted by Gasteiger charge is 2.38. The smallest absolute Gasteiger partial charge is 0.343 e. The maximum atomic E-state index is 13.8. The maximum absolute atomic E-state index is 13.8. The first-order valence-electron chi connectivity index (χ1n) is 29.5. The van der Waals surface area contributed by atoms with Crippen molar-refractivity contribution in [3.05, 3.63) is 299 Å². The Morgan fingerprint density at radius 2 is 0.707 bits per heavy atom. The second kappa shape index (κ2) is 25.4. The van der Waals surface area contributed by atoms with E-state index in [2.05, 4.69) is 69.6 Å². The van der Waals surface area contributed by atoms with Gasteiger partial charge in [-0.25, -0.2) is 19.6 Å². The van der Waals surface area contributed by atoms with Crippen LogP contribution in [0.3, 0.4) is 0 Å². The quantitative estimate of drug-likeness (QED) is 0.0519. The van der Waals surface area contributed by atoms with E-state index in [-0.39, 0.29) is 11.1 Å². The van der Waals surface area contributed by atoms with Gasteiger partial charge in [0.25, 0.3) is 0 Å². The summed E-state index contributed by atoms with van der Waals surface area (Å²) < 4.78 is 29.8. The fraction of sp³-hybridized carbons (Fsp3) is 0.0263. The van der Waals surface area contributed by atoms with Gasteiger partial charge in [0.2, 0.25) is 0 Å².